The minimum atomic E-state index is -4.59. The number of carbonyl (C=O) groups is 1. The van der Waals surface area contributed by atoms with E-state index in [2.05, 4.69) is 10.1 Å². The van der Waals surface area contributed by atoms with Crippen molar-refractivity contribution in [1.82, 2.24) is 14.8 Å². The van der Waals surface area contributed by atoms with Crippen LogP contribution in [0.15, 0.2) is 48.8 Å². The van der Waals surface area contributed by atoms with E-state index >= 15 is 0 Å². The van der Waals surface area contributed by atoms with Crippen molar-refractivity contribution < 1.29 is 31.5 Å². The van der Waals surface area contributed by atoms with Crippen molar-refractivity contribution in [3.63, 3.8) is 0 Å². The predicted octanol–water partition coefficient (Wildman–Crippen LogP) is 3.92. The number of pyridine rings is 1. The maximum absolute atomic E-state index is 13.5. The van der Waals surface area contributed by atoms with Gasteiger partial charge in [0.1, 0.15) is 12.4 Å². The van der Waals surface area contributed by atoms with Crippen molar-refractivity contribution in [3.05, 3.63) is 77.4 Å². The van der Waals surface area contributed by atoms with E-state index < -0.39 is 36.2 Å². The smallest absolute Gasteiger partial charge is 0.435 e. The number of nitrogens with zero attached hydrogens (tertiary/aromatic N) is 3. The monoisotopic (exact) mass is 383 g/mol. The van der Waals surface area contributed by atoms with Gasteiger partial charge in [0, 0.05) is 17.8 Å². The van der Waals surface area contributed by atoms with Crippen LogP contribution < -0.4 is 0 Å². The standard InChI is InChI=1S/C17H10F5N3O2/c18-13-8-23-15(19)7-11(13)9-27-16(26)10-2-1-3-12(6-10)25-5-4-14(24-25)17(20,21)22/h1-8H,9H2. The van der Waals surface area contributed by atoms with Crippen LogP contribution in [0.1, 0.15) is 21.6 Å². The van der Waals surface area contributed by atoms with Crippen LogP contribution in [0.2, 0.25) is 0 Å². The van der Waals surface area contributed by atoms with Crippen LogP contribution in [0.3, 0.4) is 0 Å². The van der Waals surface area contributed by atoms with Crippen molar-refractivity contribution in [2.75, 3.05) is 0 Å². The Hall–Kier alpha value is -3.30. The molecule has 10 heteroatoms. The molecule has 0 fully saturated rings. The molecule has 0 spiro atoms. The molecule has 0 aliphatic rings. The highest BCUT2D eigenvalue weighted by Gasteiger charge is 2.33. The number of aromatic nitrogens is 3. The molecule has 0 atom stereocenters. The number of hydrogen-bond donors (Lipinski definition) is 0. The molecular weight excluding hydrogens is 373 g/mol. The Balaban J connectivity index is 1.76. The number of ether oxygens (including phenoxy) is 1. The lowest BCUT2D eigenvalue weighted by molar-refractivity contribution is -0.141. The van der Waals surface area contributed by atoms with Crippen LogP contribution in [-0.2, 0) is 17.5 Å². The highest BCUT2D eigenvalue weighted by molar-refractivity contribution is 5.90. The number of alkyl halides is 3. The SMILES string of the molecule is O=C(OCc1cc(F)ncc1F)c1cccc(-n2ccc(C(F)(F)F)n2)c1. The van der Waals surface area contributed by atoms with Crippen LogP contribution in [0.25, 0.3) is 5.69 Å². The molecule has 3 rings (SSSR count). The summed E-state index contributed by atoms with van der Waals surface area (Å²) in [7, 11) is 0. The molecule has 0 saturated heterocycles. The van der Waals surface area contributed by atoms with Gasteiger partial charge in [-0.15, -0.1) is 0 Å². The fourth-order valence-electron chi connectivity index (χ4n) is 2.18. The average Bonchev–Trinajstić information content (AvgIpc) is 3.13. The summed E-state index contributed by atoms with van der Waals surface area (Å²) in [5, 5.41) is 3.41. The van der Waals surface area contributed by atoms with Crippen molar-refractivity contribution in [3.8, 4) is 5.69 Å². The number of rotatable bonds is 4. The largest absolute Gasteiger partial charge is 0.457 e. The van der Waals surface area contributed by atoms with Crippen LogP contribution in [0.5, 0.6) is 0 Å². The molecule has 2 heterocycles. The number of benzene rings is 1. The Morgan fingerprint density at radius 2 is 1.93 bits per heavy atom. The Morgan fingerprint density at radius 3 is 2.63 bits per heavy atom. The summed E-state index contributed by atoms with van der Waals surface area (Å²) in [4.78, 5) is 15.2. The van der Waals surface area contributed by atoms with Gasteiger partial charge in [0.05, 0.1) is 17.4 Å². The van der Waals surface area contributed by atoms with Gasteiger partial charge >= 0.3 is 12.1 Å². The molecule has 0 unspecified atom stereocenters. The second-order valence-corrected chi connectivity index (χ2v) is 5.37. The van der Waals surface area contributed by atoms with Gasteiger partial charge in [0.25, 0.3) is 0 Å². The van der Waals surface area contributed by atoms with Crippen molar-refractivity contribution in [2.45, 2.75) is 12.8 Å². The summed E-state index contributed by atoms with van der Waals surface area (Å²) in [5.74, 6) is -2.63. The summed E-state index contributed by atoms with van der Waals surface area (Å²) in [6, 6.07) is 7.09. The molecule has 0 amide bonds. The molecule has 2 aromatic heterocycles. The molecule has 0 bridgehead atoms. The quantitative estimate of drug-likeness (QED) is 0.389. The predicted molar refractivity (Wildman–Crippen MR) is 81.8 cm³/mol. The highest BCUT2D eigenvalue weighted by atomic mass is 19.4. The van der Waals surface area contributed by atoms with Gasteiger partial charge in [-0.1, -0.05) is 6.07 Å². The first-order chi connectivity index (χ1) is 12.7. The fraction of sp³-hybridized carbons (Fsp3) is 0.118. The van der Waals surface area contributed by atoms with Crippen LogP contribution in [-0.4, -0.2) is 20.7 Å². The van der Waals surface area contributed by atoms with Gasteiger partial charge in [-0.05, 0) is 24.3 Å². The normalized spacial score (nSPS) is 11.4. The minimum absolute atomic E-state index is 0.00601. The molecule has 27 heavy (non-hydrogen) atoms. The van der Waals surface area contributed by atoms with E-state index in [9.17, 15) is 26.7 Å². The number of halogens is 5. The maximum atomic E-state index is 13.5. The van der Waals surface area contributed by atoms with Crippen molar-refractivity contribution >= 4 is 5.97 Å². The van der Waals surface area contributed by atoms with Crippen LogP contribution in [0.4, 0.5) is 22.0 Å². The van der Waals surface area contributed by atoms with E-state index in [0.29, 0.717) is 6.20 Å². The van der Waals surface area contributed by atoms with E-state index in [0.717, 1.165) is 23.0 Å². The third-order valence-corrected chi connectivity index (χ3v) is 3.49. The van der Waals surface area contributed by atoms with E-state index in [-0.39, 0.29) is 16.8 Å². The van der Waals surface area contributed by atoms with E-state index in [1.807, 2.05) is 0 Å². The zero-order valence-corrected chi connectivity index (χ0v) is 13.4. The second-order valence-electron chi connectivity index (χ2n) is 5.37. The molecule has 0 saturated carbocycles. The van der Waals surface area contributed by atoms with E-state index in [1.54, 1.807) is 0 Å². The van der Waals surface area contributed by atoms with Gasteiger partial charge in [0.2, 0.25) is 5.95 Å². The Morgan fingerprint density at radius 1 is 1.15 bits per heavy atom. The average molecular weight is 383 g/mol. The van der Waals surface area contributed by atoms with Crippen LogP contribution in [0, 0.1) is 11.8 Å². The second kappa shape index (κ2) is 7.14. The molecule has 0 radical (unpaired) electrons. The lowest BCUT2D eigenvalue weighted by atomic mass is 10.2. The lowest BCUT2D eigenvalue weighted by Gasteiger charge is -2.08. The van der Waals surface area contributed by atoms with Crippen molar-refractivity contribution in [1.29, 1.82) is 0 Å². The Bertz CT molecular complexity index is 985. The third-order valence-electron chi connectivity index (χ3n) is 3.49. The first kappa shape index (κ1) is 18.5. The fourth-order valence-corrected chi connectivity index (χ4v) is 2.18. The number of hydrogen-bond acceptors (Lipinski definition) is 4. The van der Waals surface area contributed by atoms with Gasteiger partial charge in [-0.3, -0.25) is 0 Å². The number of esters is 1. The number of carbonyl (C=O) groups excluding carboxylic acids is 1. The summed E-state index contributed by atoms with van der Waals surface area (Å²) in [6.07, 6.45) is -2.83. The van der Waals surface area contributed by atoms with Gasteiger partial charge < -0.3 is 4.74 Å². The van der Waals surface area contributed by atoms with E-state index in [4.69, 9.17) is 4.74 Å². The molecule has 0 aliphatic heterocycles. The molecule has 0 N–H and O–H groups in total. The summed E-state index contributed by atoms with van der Waals surface area (Å²) in [5.41, 5.74) is -1.08. The molecule has 1 aromatic carbocycles. The minimum Gasteiger partial charge on any atom is -0.457 e. The van der Waals surface area contributed by atoms with E-state index in [1.165, 1.54) is 24.3 Å². The zero-order chi connectivity index (χ0) is 19.6. The first-order valence-corrected chi connectivity index (χ1v) is 7.44. The van der Waals surface area contributed by atoms with Gasteiger partial charge in [-0.25, -0.2) is 18.9 Å². The summed E-state index contributed by atoms with van der Waals surface area (Å²) in [6.45, 7) is -0.533. The molecule has 0 aliphatic carbocycles. The van der Waals surface area contributed by atoms with Gasteiger partial charge in [0.15, 0.2) is 5.69 Å². The lowest BCUT2D eigenvalue weighted by Crippen LogP contribution is -2.09. The first-order valence-electron chi connectivity index (χ1n) is 7.44. The molecular formula is C17H10F5N3O2. The van der Waals surface area contributed by atoms with Crippen LogP contribution >= 0.6 is 0 Å². The molecule has 140 valence electrons. The topological polar surface area (TPSA) is 57.0 Å². The highest BCUT2D eigenvalue weighted by Crippen LogP contribution is 2.28. The zero-order valence-electron chi connectivity index (χ0n) is 13.4. The Labute approximate surface area is 149 Å². The third kappa shape index (κ3) is 4.27. The summed E-state index contributed by atoms with van der Waals surface area (Å²) < 4.78 is 70.3. The maximum Gasteiger partial charge on any atom is 0.435 e. The Kier molecular flexibility index (Phi) is 4.89. The molecule has 3 aromatic rings. The van der Waals surface area contributed by atoms with Crippen molar-refractivity contribution in [2.24, 2.45) is 0 Å². The summed E-state index contributed by atoms with van der Waals surface area (Å²) >= 11 is 0. The molecule has 5 nitrogen and oxygen atoms in total. The van der Waals surface area contributed by atoms with Gasteiger partial charge in [-0.2, -0.15) is 22.7 Å².